The molecule has 3 nitrogen and oxygen atoms in total. The molecule has 3 heteroatoms. The lowest BCUT2D eigenvalue weighted by molar-refractivity contribution is -0.0197. The molecule has 2 rings (SSSR count). The summed E-state index contributed by atoms with van der Waals surface area (Å²) in [6, 6.07) is 10.9. The third-order valence-corrected chi connectivity index (χ3v) is 4.56. The Morgan fingerprint density at radius 1 is 1.20 bits per heavy atom. The molecule has 0 radical (unpaired) electrons. The van der Waals surface area contributed by atoms with Gasteiger partial charge in [0, 0.05) is 24.7 Å². The van der Waals surface area contributed by atoms with E-state index in [1.807, 2.05) is 0 Å². The van der Waals surface area contributed by atoms with Crippen molar-refractivity contribution >= 4 is 0 Å². The number of rotatable bonds is 6. The molecule has 0 amide bonds. The van der Waals surface area contributed by atoms with Crippen LogP contribution >= 0.6 is 0 Å². The first-order valence-corrected chi connectivity index (χ1v) is 7.73. The van der Waals surface area contributed by atoms with E-state index in [0.717, 1.165) is 45.6 Å². The van der Waals surface area contributed by atoms with Gasteiger partial charge in [-0.3, -0.25) is 4.90 Å². The summed E-state index contributed by atoms with van der Waals surface area (Å²) in [7, 11) is 0. The lowest BCUT2D eigenvalue weighted by Crippen LogP contribution is -2.59. The van der Waals surface area contributed by atoms with E-state index < -0.39 is 0 Å². The molecule has 1 heterocycles. The SMILES string of the molecule is CC(C)(C(N)CCCc1ccccc1)N1CCOCC1. The van der Waals surface area contributed by atoms with Crippen molar-refractivity contribution in [2.75, 3.05) is 26.3 Å². The molecule has 112 valence electrons. The summed E-state index contributed by atoms with van der Waals surface area (Å²) >= 11 is 0. The van der Waals surface area contributed by atoms with Gasteiger partial charge in [0.2, 0.25) is 0 Å². The molecule has 0 aliphatic carbocycles. The Morgan fingerprint density at radius 3 is 2.50 bits per heavy atom. The van der Waals surface area contributed by atoms with Crippen molar-refractivity contribution in [2.24, 2.45) is 5.73 Å². The number of nitrogens with zero attached hydrogens (tertiary/aromatic N) is 1. The molecule has 0 aromatic heterocycles. The molecular weight excluding hydrogens is 248 g/mol. The molecule has 1 fully saturated rings. The third kappa shape index (κ3) is 4.05. The predicted molar refractivity (Wildman–Crippen MR) is 83.8 cm³/mol. The van der Waals surface area contributed by atoms with E-state index >= 15 is 0 Å². The number of hydrogen-bond donors (Lipinski definition) is 1. The van der Waals surface area contributed by atoms with E-state index in [1.54, 1.807) is 0 Å². The molecule has 1 aliphatic heterocycles. The minimum Gasteiger partial charge on any atom is -0.379 e. The summed E-state index contributed by atoms with van der Waals surface area (Å²) < 4.78 is 5.43. The van der Waals surface area contributed by atoms with Crippen molar-refractivity contribution < 1.29 is 4.74 Å². The second-order valence-electron chi connectivity index (χ2n) is 6.24. The summed E-state index contributed by atoms with van der Waals surface area (Å²) in [5, 5.41) is 0. The van der Waals surface area contributed by atoms with Crippen molar-refractivity contribution in [3.05, 3.63) is 35.9 Å². The highest BCUT2D eigenvalue weighted by Gasteiger charge is 2.33. The van der Waals surface area contributed by atoms with E-state index in [4.69, 9.17) is 10.5 Å². The van der Waals surface area contributed by atoms with E-state index in [9.17, 15) is 0 Å². The van der Waals surface area contributed by atoms with E-state index in [2.05, 4.69) is 49.1 Å². The van der Waals surface area contributed by atoms with Gasteiger partial charge in [-0.2, -0.15) is 0 Å². The average Bonchev–Trinajstić information content (AvgIpc) is 2.49. The van der Waals surface area contributed by atoms with Gasteiger partial charge in [-0.25, -0.2) is 0 Å². The van der Waals surface area contributed by atoms with Gasteiger partial charge < -0.3 is 10.5 Å². The highest BCUT2D eigenvalue weighted by molar-refractivity contribution is 5.14. The van der Waals surface area contributed by atoms with Crippen molar-refractivity contribution in [3.8, 4) is 0 Å². The van der Waals surface area contributed by atoms with Crippen LogP contribution in [-0.2, 0) is 11.2 Å². The van der Waals surface area contributed by atoms with Gasteiger partial charge in [-0.1, -0.05) is 30.3 Å². The number of aryl methyl sites for hydroxylation is 1. The van der Waals surface area contributed by atoms with Crippen LogP contribution in [0.1, 0.15) is 32.3 Å². The van der Waals surface area contributed by atoms with E-state index in [1.165, 1.54) is 5.56 Å². The Labute approximate surface area is 123 Å². The Hall–Kier alpha value is -0.900. The highest BCUT2D eigenvalue weighted by Crippen LogP contribution is 2.22. The van der Waals surface area contributed by atoms with Gasteiger partial charge in [0.15, 0.2) is 0 Å². The number of nitrogens with two attached hydrogens (primary N) is 1. The molecule has 1 aromatic carbocycles. The second-order valence-corrected chi connectivity index (χ2v) is 6.24. The summed E-state index contributed by atoms with van der Waals surface area (Å²) in [4.78, 5) is 2.48. The van der Waals surface area contributed by atoms with Crippen molar-refractivity contribution in [1.29, 1.82) is 0 Å². The topological polar surface area (TPSA) is 38.5 Å². The Bertz CT molecular complexity index is 385. The maximum absolute atomic E-state index is 6.46. The zero-order valence-electron chi connectivity index (χ0n) is 12.8. The van der Waals surface area contributed by atoms with Crippen LogP contribution in [0.5, 0.6) is 0 Å². The van der Waals surface area contributed by atoms with Gasteiger partial charge in [-0.15, -0.1) is 0 Å². The standard InChI is InChI=1S/C17H28N2O/c1-17(2,19-11-13-20-14-12-19)16(18)10-6-9-15-7-4-3-5-8-15/h3-5,7-8,16H,6,9-14,18H2,1-2H3. The van der Waals surface area contributed by atoms with Crippen LogP contribution < -0.4 is 5.73 Å². The van der Waals surface area contributed by atoms with Crippen LogP contribution in [0.3, 0.4) is 0 Å². The van der Waals surface area contributed by atoms with Crippen LogP contribution in [0.4, 0.5) is 0 Å². The Kier molecular flexibility index (Phi) is 5.58. The molecule has 1 saturated heterocycles. The van der Waals surface area contributed by atoms with Crippen molar-refractivity contribution in [2.45, 2.75) is 44.7 Å². The number of hydrogen-bond acceptors (Lipinski definition) is 3. The minimum atomic E-state index is 0.0560. The largest absolute Gasteiger partial charge is 0.379 e. The molecule has 1 atom stereocenters. The monoisotopic (exact) mass is 276 g/mol. The highest BCUT2D eigenvalue weighted by atomic mass is 16.5. The molecule has 1 unspecified atom stereocenters. The maximum Gasteiger partial charge on any atom is 0.0594 e. The molecule has 0 saturated carbocycles. The Balaban J connectivity index is 1.79. The fourth-order valence-corrected chi connectivity index (χ4v) is 2.90. The fraction of sp³-hybridized carbons (Fsp3) is 0.647. The smallest absolute Gasteiger partial charge is 0.0594 e. The first kappa shape index (κ1) is 15.5. The minimum absolute atomic E-state index is 0.0560. The number of benzene rings is 1. The average molecular weight is 276 g/mol. The second kappa shape index (κ2) is 7.21. The van der Waals surface area contributed by atoms with Gasteiger partial charge in [0.1, 0.15) is 0 Å². The van der Waals surface area contributed by atoms with Gasteiger partial charge in [0.25, 0.3) is 0 Å². The summed E-state index contributed by atoms with van der Waals surface area (Å²) in [5.74, 6) is 0. The Morgan fingerprint density at radius 2 is 1.85 bits per heavy atom. The molecular formula is C17H28N2O. The van der Waals surface area contributed by atoms with Crippen LogP contribution in [-0.4, -0.2) is 42.8 Å². The van der Waals surface area contributed by atoms with Crippen LogP contribution in [0.2, 0.25) is 0 Å². The summed E-state index contributed by atoms with van der Waals surface area (Å²) in [5.41, 5.74) is 7.93. The zero-order chi connectivity index (χ0) is 14.4. The molecule has 1 aromatic rings. The predicted octanol–water partition coefficient (Wildman–Crippen LogP) is 2.45. The van der Waals surface area contributed by atoms with Crippen molar-refractivity contribution in [1.82, 2.24) is 4.90 Å². The van der Waals surface area contributed by atoms with E-state index in [0.29, 0.717) is 0 Å². The summed E-state index contributed by atoms with van der Waals surface area (Å²) in [6.45, 7) is 8.20. The lowest BCUT2D eigenvalue weighted by Gasteiger charge is -2.44. The third-order valence-electron chi connectivity index (χ3n) is 4.56. The molecule has 2 N–H and O–H groups in total. The first-order chi connectivity index (χ1) is 9.60. The van der Waals surface area contributed by atoms with Crippen LogP contribution in [0, 0.1) is 0 Å². The lowest BCUT2D eigenvalue weighted by atomic mass is 9.88. The summed E-state index contributed by atoms with van der Waals surface area (Å²) in [6.07, 6.45) is 3.34. The quantitative estimate of drug-likeness (QED) is 0.867. The molecule has 0 spiro atoms. The first-order valence-electron chi connectivity index (χ1n) is 7.73. The van der Waals surface area contributed by atoms with Gasteiger partial charge in [-0.05, 0) is 38.7 Å². The fourth-order valence-electron chi connectivity index (χ4n) is 2.90. The van der Waals surface area contributed by atoms with Gasteiger partial charge in [0.05, 0.1) is 13.2 Å². The molecule has 20 heavy (non-hydrogen) atoms. The molecule has 1 aliphatic rings. The van der Waals surface area contributed by atoms with Crippen LogP contribution in [0.15, 0.2) is 30.3 Å². The number of morpholine rings is 1. The van der Waals surface area contributed by atoms with Crippen LogP contribution in [0.25, 0.3) is 0 Å². The normalized spacial score (nSPS) is 18.9. The number of ether oxygens (including phenoxy) is 1. The van der Waals surface area contributed by atoms with Crippen molar-refractivity contribution in [3.63, 3.8) is 0 Å². The van der Waals surface area contributed by atoms with Gasteiger partial charge >= 0.3 is 0 Å². The maximum atomic E-state index is 6.46. The van der Waals surface area contributed by atoms with E-state index in [-0.39, 0.29) is 11.6 Å². The zero-order valence-corrected chi connectivity index (χ0v) is 12.8. The molecule has 0 bridgehead atoms.